The third-order valence-electron chi connectivity index (χ3n) is 4.05. The number of carbonyl (C=O) groups excluding carboxylic acids is 5. The van der Waals surface area contributed by atoms with Crippen LogP contribution in [0.3, 0.4) is 0 Å². The van der Waals surface area contributed by atoms with Crippen molar-refractivity contribution in [1.82, 2.24) is 26.6 Å². The van der Waals surface area contributed by atoms with Crippen molar-refractivity contribution in [3.8, 4) is 0 Å². The smallest absolute Gasteiger partial charge is 0.242 e. The fraction of sp³-hybridized carbons (Fsp3) is 0.706. The quantitative estimate of drug-likeness (QED) is 0.300. The number of hydrogen-bond donors (Lipinski definition) is 5. The number of Topliss-reactive ketones (excluding diaryl/α,β-unsaturated/α-hetero) is 1. The lowest BCUT2D eigenvalue weighted by atomic mass is 10.2. The van der Waals surface area contributed by atoms with Gasteiger partial charge in [0.05, 0.1) is 12.1 Å². The second kappa shape index (κ2) is 11.3. The molecule has 0 aliphatic heterocycles. The normalized spacial score (nSPS) is 16.1. The molecule has 0 aromatic carbocycles. The van der Waals surface area contributed by atoms with E-state index in [1.165, 1.54) is 27.7 Å². The van der Waals surface area contributed by atoms with Crippen molar-refractivity contribution in [2.24, 2.45) is 0 Å². The van der Waals surface area contributed by atoms with E-state index >= 15 is 0 Å². The van der Waals surface area contributed by atoms with E-state index in [9.17, 15) is 24.0 Å². The maximum atomic E-state index is 12.1. The molecule has 5 atom stereocenters. The highest BCUT2D eigenvalue weighted by molar-refractivity contribution is 5.95. The van der Waals surface area contributed by atoms with Crippen LogP contribution in [0.5, 0.6) is 0 Å². The van der Waals surface area contributed by atoms with Crippen LogP contribution in [0.2, 0.25) is 0 Å². The number of carbonyl (C=O) groups is 5. The molecule has 4 amide bonds. The molecule has 0 spiro atoms. The summed E-state index contributed by atoms with van der Waals surface area (Å²) < 4.78 is 0. The summed E-state index contributed by atoms with van der Waals surface area (Å²) in [5, 5.41) is 12.7. The summed E-state index contributed by atoms with van der Waals surface area (Å²) in [6.45, 7) is 8.97. The molecule has 154 valence electrons. The first-order valence-electron chi connectivity index (χ1n) is 8.79. The topological polar surface area (TPSA) is 146 Å². The maximum absolute atomic E-state index is 12.1. The summed E-state index contributed by atoms with van der Waals surface area (Å²) in [5.74, 6) is -2.15. The molecule has 0 saturated carbocycles. The van der Waals surface area contributed by atoms with E-state index in [0.29, 0.717) is 0 Å². The van der Waals surface area contributed by atoms with Crippen molar-refractivity contribution < 1.29 is 24.0 Å². The second-order valence-electron chi connectivity index (χ2n) is 6.54. The van der Waals surface area contributed by atoms with Crippen LogP contribution in [-0.2, 0) is 24.0 Å². The Morgan fingerprint density at radius 1 is 0.519 bits per heavy atom. The van der Waals surface area contributed by atoms with Gasteiger partial charge < -0.3 is 26.6 Å². The number of rotatable bonds is 10. The zero-order valence-corrected chi connectivity index (χ0v) is 16.9. The molecule has 0 fully saturated rings. The van der Waals surface area contributed by atoms with Gasteiger partial charge in [-0.15, -0.1) is 0 Å². The highest BCUT2D eigenvalue weighted by atomic mass is 16.2. The monoisotopic (exact) mass is 385 g/mol. The van der Waals surface area contributed by atoms with Gasteiger partial charge >= 0.3 is 0 Å². The molecular formula is C17H31N5O5. The predicted octanol–water partition coefficient (Wildman–Crippen LogP) is -1.80. The SMILES string of the molecule is CNC(C)C(=O)NC(C)C(=O)NC(C)C(=O)NC(C)C(=O)NC(C)C(C)=O. The van der Waals surface area contributed by atoms with Gasteiger partial charge in [-0.25, -0.2) is 0 Å². The number of hydrogen-bond acceptors (Lipinski definition) is 6. The molecule has 5 N–H and O–H groups in total. The van der Waals surface area contributed by atoms with Crippen LogP contribution in [0.25, 0.3) is 0 Å². The number of nitrogens with one attached hydrogen (secondary N) is 5. The van der Waals surface area contributed by atoms with Crippen LogP contribution < -0.4 is 26.6 Å². The molecule has 0 saturated heterocycles. The van der Waals surface area contributed by atoms with E-state index in [1.54, 1.807) is 20.9 Å². The molecule has 0 rings (SSSR count). The van der Waals surface area contributed by atoms with Crippen molar-refractivity contribution in [2.75, 3.05) is 7.05 Å². The Hall–Kier alpha value is -2.49. The van der Waals surface area contributed by atoms with Crippen molar-refractivity contribution >= 4 is 29.4 Å². The molecular weight excluding hydrogens is 354 g/mol. The molecule has 0 aromatic rings. The first-order valence-corrected chi connectivity index (χ1v) is 8.79. The van der Waals surface area contributed by atoms with Gasteiger partial charge in [-0.05, 0) is 48.6 Å². The van der Waals surface area contributed by atoms with E-state index in [1.807, 2.05) is 0 Å². The van der Waals surface area contributed by atoms with Gasteiger partial charge in [-0.2, -0.15) is 0 Å². The fourth-order valence-corrected chi connectivity index (χ4v) is 1.78. The van der Waals surface area contributed by atoms with E-state index in [2.05, 4.69) is 26.6 Å². The Morgan fingerprint density at radius 3 is 1.04 bits per heavy atom. The Balaban J connectivity index is 4.55. The molecule has 27 heavy (non-hydrogen) atoms. The van der Waals surface area contributed by atoms with Gasteiger partial charge in [0.15, 0.2) is 5.78 Å². The molecule has 5 unspecified atom stereocenters. The lowest BCUT2D eigenvalue weighted by Gasteiger charge is -2.21. The minimum Gasteiger partial charge on any atom is -0.345 e. The minimum atomic E-state index is -0.918. The Labute approximate surface area is 159 Å². The average molecular weight is 385 g/mol. The third-order valence-corrected chi connectivity index (χ3v) is 4.05. The maximum Gasteiger partial charge on any atom is 0.242 e. The van der Waals surface area contributed by atoms with Crippen LogP contribution in [-0.4, -0.2) is 66.7 Å². The van der Waals surface area contributed by atoms with Crippen LogP contribution in [0.15, 0.2) is 0 Å². The number of amides is 4. The number of ketones is 1. The van der Waals surface area contributed by atoms with Gasteiger partial charge in [0, 0.05) is 0 Å². The fourth-order valence-electron chi connectivity index (χ4n) is 1.78. The molecule has 0 aliphatic rings. The van der Waals surface area contributed by atoms with Crippen LogP contribution in [0, 0.1) is 0 Å². The van der Waals surface area contributed by atoms with Crippen molar-refractivity contribution in [1.29, 1.82) is 0 Å². The Morgan fingerprint density at radius 2 is 0.778 bits per heavy atom. The molecule has 0 radical (unpaired) electrons. The zero-order valence-electron chi connectivity index (χ0n) is 16.9. The van der Waals surface area contributed by atoms with E-state index in [4.69, 9.17) is 0 Å². The van der Waals surface area contributed by atoms with Gasteiger partial charge in [0.1, 0.15) is 18.1 Å². The summed E-state index contributed by atoms with van der Waals surface area (Å²) in [6, 6.07) is -3.75. The van der Waals surface area contributed by atoms with Gasteiger partial charge in [0.25, 0.3) is 0 Å². The second-order valence-corrected chi connectivity index (χ2v) is 6.54. The largest absolute Gasteiger partial charge is 0.345 e. The summed E-state index contributed by atoms with van der Waals surface area (Å²) in [4.78, 5) is 59.1. The lowest BCUT2D eigenvalue weighted by Crippen LogP contribution is -2.56. The summed E-state index contributed by atoms with van der Waals surface area (Å²) >= 11 is 0. The molecule has 0 bridgehead atoms. The molecule has 0 aromatic heterocycles. The van der Waals surface area contributed by atoms with Crippen LogP contribution >= 0.6 is 0 Å². The summed E-state index contributed by atoms with van der Waals surface area (Å²) in [6.07, 6.45) is 0. The van der Waals surface area contributed by atoms with Crippen LogP contribution in [0.1, 0.15) is 41.5 Å². The van der Waals surface area contributed by atoms with Crippen LogP contribution in [0.4, 0.5) is 0 Å². The van der Waals surface area contributed by atoms with Gasteiger partial charge in [-0.1, -0.05) is 0 Å². The summed E-state index contributed by atoms with van der Waals surface area (Å²) in [5.41, 5.74) is 0. The third kappa shape index (κ3) is 8.63. The van der Waals surface area contributed by atoms with Crippen molar-refractivity contribution in [3.63, 3.8) is 0 Å². The van der Waals surface area contributed by atoms with Crippen molar-refractivity contribution in [3.05, 3.63) is 0 Å². The first kappa shape index (κ1) is 24.5. The minimum absolute atomic E-state index is 0.203. The molecule has 10 heteroatoms. The molecule has 0 aliphatic carbocycles. The van der Waals surface area contributed by atoms with E-state index in [-0.39, 0.29) is 11.7 Å². The van der Waals surface area contributed by atoms with E-state index < -0.39 is 47.9 Å². The average Bonchev–Trinajstić information content (AvgIpc) is 2.59. The first-order chi connectivity index (χ1) is 12.4. The standard InChI is InChI=1S/C17H31N5O5/c1-8(13(6)23)19-15(25)10(3)21-17(27)12(5)22-16(26)11(4)20-14(24)9(2)18-7/h8-12,18H,1-7H3,(H,19,25)(H,20,24)(H,21,27)(H,22,26). The van der Waals surface area contributed by atoms with Gasteiger partial charge in [0.2, 0.25) is 23.6 Å². The summed E-state index contributed by atoms with van der Waals surface area (Å²) in [7, 11) is 1.62. The molecule has 0 heterocycles. The lowest BCUT2D eigenvalue weighted by molar-refractivity contribution is -0.133. The Bertz CT molecular complexity index is 580. The zero-order chi connectivity index (χ0) is 21.3. The van der Waals surface area contributed by atoms with Gasteiger partial charge in [-0.3, -0.25) is 24.0 Å². The highest BCUT2D eigenvalue weighted by Crippen LogP contribution is 1.93. The highest BCUT2D eigenvalue weighted by Gasteiger charge is 2.25. The molecule has 10 nitrogen and oxygen atoms in total. The van der Waals surface area contributed by atoms with E-state index in [0.717, 1.165) is 0 Å². The number of likely N-dealkylation sites (N-methyl/N-ethyl adjacent to an activating group) is 1. The predicted molar refractivity (Wildman–Crippen MR) is 99.6 cm³/mol. The Kier molecular flexibility index (Phi) is 10.2. The van der Waals surface area contributed by atoms with Crippen molar-refractivity contribution in [2.45, 2.75) is 71.8 Å².